The molecule has 2 aromatic rings. The number of halogens is 1. The summed E-state index contributed by atoms with van der Waals surface area (Å²) in [5.41, 5.74) is 2.21. The molecule has 1 N–H and O–H groups in total. The second-order valence-electron chi connectivity index (χ2n) is 6.27. The lowest BCUT2D eigenvalue weighted by molar-refractivity contribution is -0.00967. The molecule has 21 heavy (non-hydrogen) atoms. The smallest absolute Gasteiger partial charge is 0.129 e. The zero-order chi connectivity index (χ0) is 14.4. The largest absolute Gasteiger partial charge is 0.385 e. The highest BCUT2D eigenvalue weighted by Gasteiger charge is 2.54. The molecule has 2 aliphatic carbocycles. The number of benzene rings is 1. The SMILES string of the molecule is OC(c1ccccc1-c1cccc(Cl)n1)(C1CC1)C1CC1. The average molecular weight is 300 g/mol. The third-order valence-electron chi connectivity index (χ3n) is 4.75. The quantitative estimate of drug-likeness (QED) is 0.848. The van der Waals surface area contributed by atoms with E-state index in [0.29, 0.717) is 17.0 Å². The maximum atomic E-state index is 11.4. The van der Waals surface area contributed by atoms with Crippen molar-refractivity contribution in [2.75, 3.05) is 0 Å². The number of hydrogen-bond acceptors (Lipinski definition) is 2. The van der Waals surface area contributed by atoms with Crippen molar-refractivity contribution in [1.82, 2.24) is 4.98 Å². The first-order valence-electron chi connectivity index (χ1n) is 7.64. The molecule has 3 heteroatoms. The molecule has 0 atom stereocenters. The Balaban J connectivity index is 1.86. The minimum absolute atomic E-state index is 0.408. The minimum Gasteiger partial charge on any atom is -0.385 e. The molecule has 2 nitrogen and oxygen atoms in total. The van der Waals surface area contributed by atoms with E-state index in [0.717, 1.165) is 42.5 Å². The molecule has 0 spiro atoms. The highest BCUT2D eigenvalue weighted by molar-refractivity contribution is 6.29. The number of nitrogens with zero attached hydrogens (tertiary/aromatic N) is 1. The van der Waals surface area contributed by atoms with Crippen LogP contribution in [-0.4, -0.2) is 10.1 Å². The summed E-state index contributed by atoms with van der Waals surface area (Å²) in [4.78, 5) is 4.43. The number of aromatic nitrogens is 1. The molecule has 1 aromatic heterocycles. The Morgan fingerprint density at radius 2 is 1.62 bits per heavy atom. The van der Waals surface area contributed by atoms with Gasteiger partial charge in [-0.25, -0.2) is 4.98 Å². The molecule has 0 unspecified atom stereocenters. The zero-order valence-electron chi connectivity index (χ0n) is 11.8. The van der Waals surface area contributed by atoms with E-state index >= 15 is 0 Å². The van der Waals surface area contributed by atoms with Gasteiger partial charge in [-0.1, -0.05) is 41.9 Å². The van der Waals surface area contributed by atoms with Crippen LogP contribution in [0.2, 0.25) is 5.15 Å². The van der Waals surface area contributed by atoms with E-state index in [1.165, 1.54) is 0 Å². The van der Waals surface area contributed by atoms with Gasteiger partial charge in [-0.15, -0.1) is 0 Å². The van der Waals surface area contributed by atoms with E-state index in [-0.39, 0.29) is 0 Å². The second-order valence-corrected chi connectivity index (χ2v) is 6.65. The molecule has 1 heterocycles. The van der Waals surface area contributed by atoms with Gasteiger partial charge in [-0.05, 0) is 55.2 Å². The summed E-state index contributed by atoms with van der Waals surface area (Å²) in [7, 11) is 0. The van der Waals surface area contributed by atoms with Crippen molar-refractivity contribution in [2.45, 2.75) is 31.3 Å². The molecule has 108 valence electrons. The van der Waals surface area contributed by atoms with Crippen LogP contribution in [0.15, 0.2) is 42.5 Å². The van der Waals surface area contributed by atoms with Gasteiger partial charge in [-0.2, -0.15) is 0 Å². The minimum atomic E-state index is -0.680. The molecular formula is C18H18ClNO. The Morgan fingerprint density at radius 3 is 2.24 bits per heavy atom. The lowest BCUT2D eigenvalue weighted by Gasteiger charge is -2.31. The first-order chi connectivity index (χ1) is 10.2. The van der Waals surface area contributed by atoms with Crippen LogP contribution in [0.1, 0.15) is 31.2 Å². The van der Waals surface area contributed by atoms with Gasteiger partial charge >= 0.3 is 0 Å². The fraction of sp³-hybridized carbons (Fsp3) is 0.389. The topological polar surface area (TPSA) is 33.1 Å². The summed E-state index contributed by atoms with van der Waals surface area (Å²) < 4.78 is 0. The fourth-order valence-corrected chi connectivity index (χ4v) is 3.60. The van der Waals surface area contributed by atoms with Crippen molar-refractivity contribution in [3.05, 3.63) is 53.2 Å². The Kier molecular flexibility index (Phi) is 3.05. The summed E-state index contributed by atoms with van der Waals surface area (Å²) >= 11 is 6.04. The van der Waals surface area contributed by atoms with Crippen LogP contribution in [-0.2, 0) is 5.60 Å². The van der Waals surface area contributed by atoms with Crippen LogP contribution >= 0.6 is 11.6 Å². The Hall–Kier alpha value is -1.38. The Morgan fingerprint density at radius 1 is 0.952 bits per heavy atom. The first-order valence-corrected chi connectivity index (χ1v) is 8.02. The summed E-state index contributed by atoms with van der Waals surface area (Å²) in [5.74, 6) is 0.815. The van der Waals surface area contributed by atoms with E-state index < -0.39 is 5.60 Å². The van der Waals surface area contributed by atoms with Crippen molar-refractivity contribution in [2.24, 2.45) is 11.8 Å². The van der Waals surface area contributed by atoms with Crippen molar-refractivity contribution < 1.29 is 5.11 Å². The lowest BCUT2D eigenvalue weighted by Crippen LogP contribution is -2.31. The molecule has 2 saturated carbocycles. The van der Waals surface area contributed by atoms with Gasteiger partial charge in [0.05, 0.1) is 11.3 Å². The highest BCUT2D eigenvalue weighted by Crippen LogP contribution is 2.58. The third kappa shape index (κ3) is 2.27. The monoisotopic (exact) mass is 299 g/mol. The molecule has 2 fully saturated rings. The van der Waals surface area contributed by atoms with Crippen LogP contribution in [0.4, 0.5) is 0 Å². The molecule has 2 aliphatic rings. The zero-order valence-corrected chi connectivity index (χ0v) is 12.6. The van der Waals surface area contributed by atoms with Crippen LogP contribution in [0.3, 0.4) is 0 Å². The van der Waals surface area contributed by atoms with Crippen LogP contribution in [0.25, 0.3) is 11.3 Å². The van der Waals surface area contributed by atoms with Crippen LogP contribution < -0.4 is 0 Å². The highest BCUT2D eigenvalue weighted by atomic mass is 35.5. The molecule has 1 aromatic carbocycles. The van der Waals surface area contributed by atoms with E-state index in [2.05, 4.69) is 11.1 Å². The van der Waals surface area contributed by atoms with Crippen molar-refractivity contribution in [1.29, 1.82) is 0 Å². The predicted molar refractivity (Wildman–Crippen MR) is 84.0 cm³/mol. The standard InChI is InChI=1S/C18H18ClNO/c19-17-7-3-6-16(20-17)14-4-1-2-5-15(14)18(21,12-8-9-12)13-10-11-13/h1-7,12-13,21H,8-11H2. The summed E-state index contributed by atoms with van der Waals surface area (Å²) in [5, 5.41) is 11.9. The number of aliphatic hydroxyl groups is 1. The molecule has 0 saturated heterocycles. The van der Waals surface area contributed by atoms with E-state index in [1.807, 2.05) is 30.3 Å². The van der Waals surface area contributed by atoms with Gasteiger partial charge < -0.3 is 5.11 Å². The van der Waals surface area contributed by atoms with E-state index in [4.69, 9.17) is 11.6 Å². The van der Waals surface area contributed by atoms with E-state index in [9.17, 15) is 5.11 Å². The van der Waals surface area contributed by atoms with Crippen molar-refractivity contribution in [3.63, 3.8) is 0 Å². The third-order valence-corrected chi connectivity index (χ3v) is 4.96. The number of hydrogen-bond donors (Lipinski definition) is 1. The normalized spacial score (nSPS) is 18.8. The Labute approximate surface area is 129 Å². The van der Waals surface area contributed by atoms with Gasteiger partial charge in [0.15, 0.2) is 0 Å². The second kappa shape index (κ2) is 4.82. The summed E-state index contributed by atoms with van der Waals surface area (Å²) in [6.45, 7) is 0. The predicted octanol–water partition coefficient (Wildman–Crippen LogP) is 4.41. The molecular weight excluding hydrogens is 282 g/mol. The summed E-state index contributed by atoms with van der Waals surface area (Å²) in [6, 6.07) is 13.8. The average Bonchev–Trinajstić information content (AvgIpc) is 3.39. The van der Waals surface area contributed by atoms with Crippen LogP contribution in [0.5, 0.6) is 0 Å². The van der Waals surface area contributed by atoms with Gasteiger partial charge in [-0.3, -0.25) is 0 Å². The van der Waals surface area contributed by atoms with Gasteiger partial charge in [0.25, 0.3) is 0 Å². The van der Waals surface area contributed by atoms with Crippen molar-refractivity contribution in [3.8, 4) is 11.3 Å². The van der Waals surface area contributed by atoms with Crippen molar-refractivity contribution >= 4 is 11.6 Å². The van der Waals surface area contributed by atoms with E-state index in [1.54, 1.807) is 6.07 Å². The van der Waals surface area contributed by atoms with Crippen LogP contribution in [0, 0.1) is 11.8 Å². The molecule has 0 bridgehead atoms. The summed E-state index contributed by atoms with van der Waals surface area (Å²) in [6.07, 6.45) is 4.52. The van der Waals surface area contributed by atoms with Gasteiger partial charge in [0.1, 0.15) is 5.15 Å². The molecule has 0 radical (unpaired) electrons. The molecule has 0 aliphatic heterocycles. The lowest BCUT2D eigenvalue weighted by atomic mass is 9.81. The van der Waals surface area contributed by atoms with Gasteiger partial charge in [0, 0.05) is 5.56 Å². The molecule has 4 rings (SSSR count). The number of rotatable bonds is 4. The first kappa shape index (κ1) is 13.3. The Bertz CT molecular complexity index is 664. The number of pyridine rings is 1. The maximum Gasteiger partial charge on any atom is 0.129 e. The maximum absolute atomic E-state index is 11.4. The van der Waals surface area contributed by atoms with Gasteiger partial charge in [0.2, 0.25) is 0 Å². The fourth-order valence-electron chi connectivity index (χ4n) is 3.43. The molecule has 0 amide bonds.